The molecule has 118 valence electrons. The molecule has 1 aliphatic heterocycles. The van der Waals surface area contributed by atoms with Gasteiger partial charge in [-0.2, -0.15) is 0 Å². The molecule has 0 N–H and O–H groups in total. The minimum absolute atomic E-state index is 0.103. The van der Waals surface area contributed by atoms with Gasteiger partial charge in [0.05, 0.1) is 0 Å². The van der Waals surface area contributed by atoms with Gasteiger partial charge in [-0.1, -0.05) is 32.4 Å². The van der Waals surface area contributed by atoms with Gasteiger partial charge in [0.2, 0.25) is 0 Å². The van der Waals surface area contributed by atoms with Crippen molar-refractivity contribution in [1.29, 1.82) is 0 Å². The van der Waals surface area contributed by atoms with Crippen LogP contribution < -0.4 is 4.90 Å². The van der Waals surface area contributed by atoms with Crippen molar-refractivity contribution in [1.82, 2.24) is 14.9 Å². The number of anilines is 1. The quantitative estimate of drug-likeness (QED) is 0.745. The number of hydrogen-bond acceptors (Lipinski definition) is 4. The van der Waals surface area contributed by atoms with Gasteiger partial charge in [0.25, 0.3) is 0 Å². The first kappa shape index (κ1) is 16.5. The van der Waals surface area contributed by atoms with Crippen molar-refractivity contribution in [3.05, 3.63) is 16.5 Å². The number of likely N-dealkylation sites (N-methyl/N-ethyl adjacent to an activating group) is 1. The highest BCUT2D eigenvalue weighted by Gasteiger charge is 2.33. The highest BCUT2D eigenvalue weighted by atomic mass is 35.5. The maximum absolute atomic E-state index is 6.36. The fourth-order valence-electron chi connectivity index (χ4n) is 2.54. The van der Waals surface area contributed by atoms with E-state index in [1.54, 1.807) is 0 Å². The standard InChI is InChI=1S/C16H27ClN4/c1-11-12(17)18-14(15(2,3)4)19-13(11)21-9-8-20(7)16(5,6)10-21/h8-10H2,1-7H3. The van der Waals surface area contributed by atoms with Gasteiger partial charge >= 0.3 is 0 Å². The molecule has 0 aromatic carbocycles. The van der Waals surface area contributed by atoms with E-state index in [4.69, 9.17) is 16.6 Å². The maximum Gasteiger partial charge on any atom is 0.137 e. The number of nitrogens with zero attached hydrogens (tertiary/aromatic N) is 4. The Kier molecular flexibility index (Phi) is 4.24. The van der Waals surface area contributed by atoms with Crippen molar-refractivity contribution in [2.75, 3.05) is 31.6 Å². The van der Waals surface area contributed by atoms with Crippen molar-refractivity contribution in [2.45, 2.75) is 52.5 Å². The Morgan fingerprint density at radius 1 is 1.14 bits per heavy atom. The van der Waals surface area contributed by atoms with Gasteiger partial charge in [-0.05, 0) is 27.8 Å². The minimum atomic E-state index is -0.103. The Morgan fingerprint density at radius 2 is 1.76 bits per heavy atom. The number of rotatable bonds is 1. The summed E-state index contributed by atoms with van der Waals surface area (Å²) < 4.78 is 0. The third-order valence-corrected chi connectivity index (χ3v) is 4.72. The van der Waals surface area contributed by atoms with Crippen LogP contribution in [-0.2, 0) is 5.41 Å². The first-order valence-corrected chi connectivity index (χ1v) is 7.91. The summed E-state index contributed by atoms with van der Waals surface area (Å²) in [6.45, 7) is 15.8. The molecule has 1 saturated heterocycles. The Balaban J connectivity index is 2.42. The van der Waals surface area contributed by atoms with Crippen LogP contribution in [0.4, 0.5) is 5.82 Å². The molecule has 0 aliphatic carbocycles. The molecule has 0 saturated carbocycles. The normalized spacial score (nSPS) is 19.9. The molecule has 0 spiro atoms. The average molecular weight is 311 g/mol. The number of piperazine rings is 1. The van der Waals surface area contributed by atoms with Gasteiger partial charge < -0.3 is 4.90 Å². The molecule has 0 radical (unpaired) electrons. The molecule has 1 aromatic rings. The highest BCUT2D eigenvalue weighted by Crippen LogP contribution is 2.31. The number of hydrogen-bond donors (Lipinski definition) is 0. The molecule has 1 fully saturated rings. The van der Waals surface area contributed by atoms with E-state index >= 15 is 0 Å². The van der Waals surface area contributed by atoms with E-state index in [0.29, 0.717) is 5.15 Å². The van der Waals surface area contributed by atoms with E-state index in [9.17, 15) is 0 Å². The summed E-state index contributed by atoms with van der Waals surface area (Å²) >= 11 is 6.36. The smallest absolute Gasteiger partial charge is 0.137 e. The van der Waals surface area contributed by atoms with Gasteiger partial charge in [0, 0.05) is 36.2 Å². The van der Waals surface area contributed by atoms with E-state index in [-0.39, 0.29) is 11.0 Å². The molecular formula is C16H27ClN4. The molecular weight excluding hydrogens is 284 g/mol. The Hall–Kier alpha value is -0.870. The van der Waals surface area contributed by atoms with E-state index in [0.717, 1.165) is 36.8 Å². The van der Waals surface area contributed by atoms with Gasteiger partial charge in [0.1, 0.15) is 16.8 Å². The summed E-state index contributed by atoms with van der Waals surface area (Å²) in [5.41, 5.74) is 1.00. The van der Waals surface area contributed by atoms with Gasteiger partial charge in [0.15, 0.2) is 0 Å². The average Bonchev–Trinajstić information content (AvgIpc) is 2.34. The van der Waals surface area contributed by atoms with Gasteiger partial charge in [-0.3, -0.25) is 4.90 Å². The zero-order valence-corrected chi connectivity index (χ0v) is 15.0. The van der Waals surface area contributed by atoms with E-state index in [1.165, 1.54) is 0 Å². The lowest BCUT2D eigenvalue weighted by Crippen LogP contribution is -2.58. The van der Waals surface area contributed by atoms with Crippen LogP contribution in [0, 0.1) is 6.92 Å². The summed E-state index contributed by atoms with van der Waals surface area (Å²) in [4.78, 5) is 14.0. The maximum atomic E-state index is 6.36. The second kappa shape index (κ2) is 5.40. The summed E-state index contributed by atoms with van der Waals surface area (Å²) in [6.07, 6.45) is 0. The SMILES string of the molecule is Cc1c(Cl)nc(C(C)(C)C)nc1N1CCN(C)C(C)(C)C1. The molecule has 0 amide bonds. The first-order valence-electron chi connectivity index (χ1n) is 7.53. The van der Waals surface area contributed by atoms with Gasteiger partial charge in [-0.25, -0.2) is 9.97 Å². The molecule has 5 heteroatoms. The number of halogens is 1. The molecule has 0 atom stereocenters. The fraction of sp³-hybridized carbons (Fsp3) is 0.750. The lowest BCUT2D eigenvalue weighted by molar-refractivity contribution is 0.138. The molecule has 0 unspecified atom stereocenters. The van der Waals surface area contributed by atoms with E-state index in [2.05, 4.69) is 56.5 Å². The highest BCUT2D eigenvalue weighted by molar-refractivity contribution is 6.30. The zero-order valence-electron chi connectivity index (χ0n) is 14.3. The summed E-state index contributed by atoms with van der Waals surface area (Å²) in [7, 11) is 2.18. The summed E-state index contributed by atoms with van der Waals surface area (Å²) in [5.74, 6) is 1.80. The molecule has 2 rings (SSSR count). The third kappa shape index (κ3) is 3.32. The van der Waals surface area contributed by atoms with Crippen LogP contribution in [0.15, 0.2) is 0 Å². The Bertz CT molecular complexity index is 534. The zero-order chi connectivity index (χ0) is 16.0. The molecule has 1 aliphatic rings. The van der Waals surface area contributed by atoms with Crippen LogP contribution in [0.5, 0.6) is 0 Å². The first-order chi connectivity index (χ1) is 9.52. The van der Waals surface area contributed by atoms with Crippen molar-refractivity contribution in [2.24, 2.45) is 0 Å². The van der Waals surface area contributed by atoms with Crippen molar-refractivity contribution >= 4 is 17.4 Å². The Morgan fingerprint density at radius 3 is 2.29 bits per heavy atom. The second-order valence-electron chi connectivity index (χ2n) is 7.69. The van der Waals surface area contributed by atoms with E-state index < -0.39 is 0 Å². The van der Waals surface area contributed by atoms with Crippen LogP contribution in [0.25, 0.3) is 0 Å². The van der Waals surface area contributed by atoms with Crippen LogP contribution in [0.2, 0.25) is 5.15 Å². The van der Waals surface area contributed by atoms with Crippen LogP contribution >= 0.6 is 11.6 Å². The third-order valence-electron chi connectivity index (χ3n) is 4.35. The van der Waals surface area contributed by atoms with Crippen molar-refractivity contribution < 1.29 is 0 Å². The van der Waals surface area contributed by atoms with Crippen LogP contribution in [-0.4, -0.2) is 47.1 Å². The second-order valence-corrected chi connectivity index (χ2v) is 8.05. The van der Waals surface area contributed by atoms with Gasteiger partial charge in [-0.15, -0.1) is 0 Å². The monoisotopic (exact) mass is 310 g/mol. The van der Waals surface area contributed by atoms with Crippen LogP contribution in [0.1, 0.15) is 46.0 Å². The summed E-state index contributed by atoms with van der Waals surface area (Å²) in [5, 5.41) is 0.571. The van der Waals surface area contributed by atoms with E-state index in [1.807, 2.05) is 6.92 Å². The largest absolute Gasteiger partial charge is 0.353 e. The van der Waals surface area contributed by atoms with Crippen LogP contribution in [0.3, 0.4) is 0 Å². The lowest BCUT2D eigenvalue weighted by atomic mass is 9.95. The lowest BCUT2D eigenvalue weighted by Gasteiger charge is -2.46. The van der Waals surface area contributed by atoms with Crippen molar-refractivity contribution in [3.63, 3.8) is 0 Å². The molecule has 4 nitrogen and oxygen atoms in total. The number of aromatic nitrogens is 2. The Labute approximate surface area is 133 Å². The topological polar surface area (TPSA) is 32.3 Å². The predicted molar refractivity (Wildman–Crippen MR) is 89.4 cm³/mol. The molecule has 2 heterocycles. The summed E-state index contributed by atoms with van der Waals surface area (Å²) in [6, 6.07) is 0. The predicted octanol–water partition coefficient (Wildman–Crippen LogP) is 3.27. The molecule has 1 aromatic heterocycles. The fourth-order valence-corrected chi connectivity index (χ4v) is 2.71. The van der Waals surface area contributed by atoms with Crippen molar-refractivity contribution in [3.8, 4) is 0 Å². The minimum Gasteiger partial charge on any atom is -0.353 e. The molecule has 0 bridgehead atoms. The molecule has 21 heavy (non-hydrogen) atoms.